The minimum absolute atomic E-state index is 0.363. The molecule has 0 aliphatic carbocycles. The van der Waals surface area contributed by atoms with Crippen molar-refractivity contribution in [2.45, 2.75) is 0 Å². The lowest BCUT2D eigenvalue weighted by Gasteiger charge is -2.01. The lowest BCUT2D eigenvalue weighted by atomic mass is 10.1. The summed E-state index contributed by atoms with van der Waals surface area (Å²) in [6.07, 6.45) is 1.27. The smallest absolute Gasteiger partial charge is 0.133 e. The molecule has 0 fully saturated rings. The summed E-state index contributed by atoms with van der Waals surface area (Å²) in [6, 6.07) is 9.45. The molecule has 0 atom stereocenters. The van der Waals surface area contributed by atoms with Gasteiger partial charge in [-0.15, -0.1) is 0 Å². The van der Waals surface area contributed by atoms with Crippen molar-refractivity contribution in [3.05, 3.63) is 35.9 Å². The third kappa shape index (κ3) is 1.37. The number of rotatable bonds is 1. The number of nitrogen functional groups attached to an aromatic ring is 1. The van der Waals surface area contributed by atoms with Gasteiger partial charge in [-0.05, 0) is 12.1 Å². The van der Waals surface area contributed by atoms with E-state index in [0.29, 0.717) is 11.4 Å². The average molecular weight is 187 g/mol. The summed E-state index contributed by atoms with van der Waals surface area (Å²) in [5, 5.41) is 12.3. The molecule has 1 heterocycles. The van der Waals surface area contributed by atoms with Crippen molar-refractivity contribution < 1.29 is 5.21 Å². The predicted octanol–water partition coefficient (Wildman–Crippen LogP) is 1.63. The van der Waals surface area contributed by atoms with Gasteiger partial charge in [0.2, 0.25) is 0 Å². The maximum Gasteiger partial charge on any atom is 0.133 e. The average Bonchev–Trinajstić information content (AvgIpc) is 2.19. The van der Waals surface area contributed by atoms with Crippen LogP contribution in [0.3, 0.4) is 0 Å². The lowest BCUT2D eigenvalue weighted by Crippen LogP contribution is -1.97. The summed E-state index contributed by atoms with van der Waals surface area (Å²) in [7, 11) is 0. The van der Waals surface area contributed by atoms with Gasteiger partial charge in [0.1, 0.15) is 5.82 Å². The molecule has 0 unspecified atom stereocenters. The van der Waals surface area contributed by atoms with Gasteiger partial charge in [0.15, 0.2) is 0 Å². The Morgan fingerprint density at radius 3 is 2.93 bits per heavy atom. The highest BCUT2D eigenvalue weighted by Crippen LogP contribution is 2.16. The number of fused-ring (bicyclic) bond motifs is 1. The second-order valence-electron chi connectivity index (χ2n) is 2.90. The topological polar surface area (TPSA) is 71.5 Å². The number of benzene rings is 1. The Balaban J connectivity index is 2.70. The van der Waals surface area contributed by atoms with Crippen LogP contribution in [-0.4, -0.2) is 16.4 Å². The fourth-order valence-electron chi connectivity index (χ4n) is 1.31. The third-order valence-electron chi connectivity index (χ3n) is 1.98. The number of nitrogens with zero attached hydrogens (tertiary/aromatic N) is 2. The Labute approximate surface area is 80.7 Å². The van der Waals surface area contributed by atoms with Gasteiger partial charge in [0, 0.05) is 10.9 Å². The number of pyridine rings is 1. The number of nitrogens with two attached hydrogens (primary N) is 1. The molecule has 4 heteroatoms. The molecule has 0 aliphatic rings. The van der Waals surface area contributed by atoms with Crippen LogP contribution in [0.1, 0.15) is 5.56 Å². The largest absolute Gasteiger partial charge is 0.411 e. The van der Waals surface area contributed by atoms with Gasteiger partial charge in [0.25, 0.3) is 0 Å². The highest BCUT2D eigenvalue weighted by Gasteiger charge is 2.00. The van der Waals surface area contributed by atoms with E-state index >= 15 is 0 Å². The van der Waals surface area contributed by atoms with Gasteiger partial charge >= 0.3 is 0 Å². The van der Waals surface area contributed by atoms with Gasteiger partial charge < -0.3 is 10.9 Å². The molecule has 0 radical (unpaired) electrons. The van der Waals surface area contributed by atoms with E-state index in [1.165, 1.54) is 6.21 Å². The summed E-state index contributed by atoms with van der Waals surface area (Å²) in [4.78, 5) is 4.17. The Morgan fingerprint density at radius 1 is 1.36 bits per heavy atom. The monoisotopic (exact) mass is 187 g/mol. The first-order valence-electron chi connectivity index (χ1n) is 4.14. The van der Waals surface area contributed by atoms with E-state index in [-0.39, 0.29) is 0 Å². The Hall–Kier alpha value is -2.10. The molecule has 4 nitrogen and oxygen atoms in total. The molecule has 0 saturated carbocycles. The van der Waals surface area contributed by atoms with Crippen LogP contribution in [0.15, 0.2) is 35.5 Å². The van der Waals surface area contributed by atoms with E-state index < -0.39 is 0 Å². The standard InChI is InChI=1S/C10H9N3O/c11-10-8(6-12-14)5-7-3-1-2-4-9(7)13-10/h1-6,14H,(H2,11,13). The maximum atomic E-state index is 8.40. The van der Waals surface area contributed by atoms with Gasteiger partial charge in [-0.1, -0.05) is 23.4 Å². The molecule has 0 aliphatic heterocycles. The number of hydrogen-bond acceptors (Lipinski definition) is 4. The second kappa shape index (κ2) is 3.33. The van der Waals surface area contributed by atoms with E-state index in [1.807, 2.05) is 30.3 Å². The van der Waals surface area contributed by atoms with Crippen molar-refractivity contribution in [1.29, 1.82) is 0 Å². The van der Waals surface area contributed by atoms with Crippen LogP contribution in [0.5, 0.6) is 0 Å². The highest BCUT2D eigenvalue weighted by atomic mass is 16.4. The van der Waals surface area contributed by atoms with Crippen LogP contribution in [0.25, 0.3) is 10.9 Å². The SMILES string of the molecule is Nc1nc2ccccc2cc1C=NO. The molecular formula is C10H9N3O. The molecule has 0 saturated heterocycles. The minimum Gasteiger partial charge on any atom is -0.411 e. The van der Waals surface area contributed by atoms with Crippen molar-refractivity contribution in [3.63, 3.8) is 0 Å². The molecule has 1 aromatic carbocycles. The minimum atomic E-state index is 0.363. The molecule has 1 aromatic heterocycles. The van der Waals surface area contributed by atoms with Crippen LogP contribution in [-0.2, 0) is 0 Å². The zero-order chi connectivity index (χ0) is 9.97. The van der Waals surface area contributed by atoms with Crippen molar-refractivity contribution in [2.24, 2.45) is 5.16 Å². The zero-order valence-electron chi connectivity index (χ0n) is 7.38. The summed E-state index contributed by atoms with van der Waals surface area (Å²) >= 11 is 0. The summed E-state index contributed by atoms with van der Waals surface area (Å²) in [5.74, 6) is 0.363. The molecule has 0 bridgehead atoms. The fourth-order valence-corrected chi connectivity index (χ4v) is 1.31. The van der Waals surface area contributed by atoms with Gasteiger partial charge in [-0.2, -0.15) is 0 Å². The molecule has 2 rings (SSSR count). The normalized spacial score (nSPS) is 11.1. The van der Waals surface area contributed by atoms with E-state index in [2.05, 4.69) is 10.1 Å². The van der Waals surface area contributed by atoms with Gasteiger partial charge in [-0.3, -0.25) is 0 Å². The number of hydrogen-bond donors (Lipinski definition) is 2. The van der Waals surface area contributed by atoms with Crippen LogP contribution in [0.2, 0.25) is 0 Å². The van der Waals surface area contributed by atoms with Gasteiger partial charge in [-0.25, -0.2) is 4.98 Å². The summed E-state index contributed by atoms with van der Waals surface area (Å²) in [5.41, 5.74) is 7.11. The Morgan fingerprint density at radius 2 is 2.14 bits per heavy atom. The molecule has 70 valence electrons. The number of oxime groups is 1. The first-order chi connectivity index (χ1) is 6.81. The van der Waals surface area contributed by atoms with E-state index in [0.717, 1.165) is 10.9 Å². The summed E-state index contributed by atoms with van der Waals surface area (Å²) < 4.78 is 0. The molecular weight excluding hydrogens is 178 g/mol. The second-order valence-corrected chi connectivity index (χ2v) is 2.90. The molecule has 3 N–H and O–H groups in total. The maximum absolute atomic E-state index is 8.40. The number of para-hydroxylation sites is 1. The predicted molar refractivity (Wildman–Crippen MR) is 55.5 cm³/mol. The van der Waals surface area contributed by atoms with Crippen molar-refractivity contribution in [3.8, 4) is 0 Å². The highest BCUT2D eigenvalue weighted by molar-refractivity contribution is 5.92. The van der Waals surface area contributed by atoms with Gasteiger partial charge in [0.05, 0.1) is 11.7 Å². The van der Waals surface area contributed by atoms with Crippen molar-refractivity contribution in [2.75, 3.05) is 5.73 Å². The van der Waals surface area contributed by atoms with Crippen LogP contribution in [0.4, 0.5) is 5.82 Å². The fraction of sp³-hybridized carbons (Fsp3) is 0. The molecule has 0 spiro atoms. The Bertz CT molecular complexity index is 494. The van der Waals surface area contributed by atoms with Crippen LogP contribution >= 0.6 is 0 Å². The van der Waals surface area contributed by atoms with E-state index in [4.69, 9.17) is 10.9 Å². The van der Waals surface area contributed by atoms with Crippen LogP contribution in [0, 0.1) is 0 Å². The third-order valence-corrected chi connectivity index (χ3v) is 1.98. The lowest BCUT2D eigenvalue weighted by molar-refractivity contribution is 0.322. The first kappa shape index (κ1) is 8.50. The van der Waals surface area contributed by atoms with E-state index in [9.17, 15) is 0 Å². The van der Waals surface area contributed by atoms with Crippen LogP contribution < -0.4 is 5.73 Å². The molecule has 14 heavy (non-hydrogen) atoms. The number of aromatic nitrogens is 1. The Kier molecular flexibility index (Phi) is 2.02. The summed E-state index contributed by atoms with van der Waals surface area (Å²) in [6.45, 7) is 0. The first-order valence-corrected chi connectivity index (χ1v) is 4.14. The molecule has 2 aromatic rings. The zero-order valence-corrected chi connectivity index (χ0v) is 7.38. The quantitative estimate of drug-likeness (QED) is 0.405. The van der Waals surface area contributed by atoms with Crippen molar-refractivity contribution >= 4 is 22.9 Å². The number of anilines is 1. The molecule has 0 amide bonds. The van der Waals surface area contributed by atoms with Crippen molar-refractivity contribution in [1.82, 2.24) is 4.98 Å². The van der Waals surface area contributed by atoms with E-state index in [1.54, 1.807) is 0 Å².